The lowest BCUT2D eigenvalue weighted by molar-refractivity contribution is -0.128. The number of carbonyl (C=O) groups is 1. The molecule has 0 unspecified atom stereocenters. The number of hydrogen-bond donors (Lipinski definition) is 1. The summed E-state index contributed by atoms with van der Waals surface area (Å²) < 4.78 is 1.57. The lowest BCUT2D eigenvalue weighted by Crippen LogP contribution is -2.34. The highest BCUT2D eigenvalue weighted by molar-refractivity contribution is 7.99. The Hall–Kier alpha value is -3.42. The number of para-hydroxylation sites is 1. The SMILES string of the molecule is O=C(CSc1nc2ccccc2c(=O)n1CCCO)N(CCc1ccccc1)Cc1ccccc1. The van der Waals surface area contributed by atoms with Gasteiger partial charge >= 0.3 is 0 Å². The fourth-order valence-corrected chi connectivity index (χ4v) is 4.83. The van der Waals surface area contributed by atoms with E-state index in [1.807, 2.05) is 65.6 Å². The number of rotatable bonds is 11. The Balaban J connectivity index is 1.53. The Bertz CT molecular complexity index is 1310. The van der Waals surface area contributed by atoms with Crippen LogP contribution in [0.25, 0.3) is 10.9 Å². The van der Waals surface area contributed by atoms with Gasteiger partial charge in [0.25, 0.3) is 5.56 Å². The molecule has 0 aliphatic rings. The molecule has 0 saturated carbocycles. The van der Waals surface area contributed by atoms with E-state index in [1.54, 1.807) is 16.7 Å². The molecule has 0 atom stereocenters. The smallest absolute Gasteiger partial charge is 0.262 e. The normalized spacial score (nSPS) is 11.0. The lowest BCUT2D eigenvalue weighted by Gasteiger charge is -2.23. The molecule has 3 aromatic carbocycles. The van der Waals surface area contributed by atoms with E-state index < -0.39 is 0 Å². The number of thioether (sulfide) groups is 1. The van der Waals surface area contributed by atoms with Crippen LogP contribution in [-0.2, 0) is 24.3 Å². The second-order valence-electron chi connectivity index (χ2n) is 8.27. The van der Waals surface area contributed by atoms with Crippen molar-refractivity contribution < 1.29 is 9.90 Å². The molecule has 35 heavy (non-hydrogen) atoms. The van der Waals surface area contributed by atoms with Gasteiger partial charge in [-0.25, -0.2) is 4.98 Å². The highest BCUT2D eigenvalue weighted by Gasteiger charge is 2.18. The summed E-state index contributed by atoms with van der Waals surface area (Å²) in [5.74, 6) is 0.164. The van der Waals surface area contributed by atoms with Crippen LogP contribution in [0.15, 0.2) is 94.9 Å². The molecule has 0 fully saturated rings. The van der Waals surface area contributed by atoms with Gasteiger partial charge in [-0.1, -0.05) is 84.6 Å². The number of nitrogens with zero attached hydrogens (tertiary/aromatic N) is 3. The van der Waals surface area contributed by atoms with Crippen molar-refractivity contribution in [1.82, 2.24) is 14.5 Å². The van der Waals surface area contributed by atoms with Gasteiger partial charge in [0.2, 0.25) is 5.91 Å². The Labute approximate surface area is 209 Å². The van der Waals surface area contributed by atoms with Gasteiger partial charge < -0.3 is 10.0 Å². The van der Waals surface area contributed by atoms with E-state index in [-0.39, 0.29) is 23.8 Å². The zero-order chi connectivity index (χ0) is 24.5. The molecule has 6 nitrogen and oxygen atoms in total. The predicted molar refractivity (Wildman–Crippen MR) is 140 cm³/mol. The third-order valence-electron chi connectivity index (χ3n) is 5.77. The summed E-state index contributed by atoms with van der Waals surface area (Å²) in [6.07, 6.45) is 1.21. The molecule has 1 heterocycles. The minimum atomic E-state index is -0.149. The van der Waals surface area contributed by atoms with E-state index in [0.29, 0.717) is 42.1 Å². The Kier molecular flexibility index (Phi) is 8.70. The van der Waals surface area contributed by atoms with Crippen molar-refractivity contribution >= 4 is 28.6 Å². The molecule has 0 radical (unpaired) electrons. The topological polar surface area (TPSA) is 75.4 Å². The number of hydrogen-bond acceptors (Lipinski definition) is 5. The maximum absolute atomic E-state index is 13.4. The van der Waals surface area contributed by atoms with Crippen LogP contribution >= 0.6 is 11.8 Å². The number of aliphatic hydroxyl groups is 1. The molecule has 180 valence electrons. The zero-order valence-electron chi connectivity index (χ0n) is 19.5. The summed E-state index contributed by atoms with van der Waals surface area (Å²) in [6.45, 7) is 1.45. The minimum Gasteiger partial charge on any atom is -0.396 e. The Morgan fingerprint density at radius 2 is 1.57 bits per heavy atom. The van der Waals surface area contributed by atoms with E-state index in [0.717, 1.165) is 12.0 Å². The summed E-state index contributed by atoms with van der Waals surface area (Å²) in [7, 11) is 0. The third kappa shape index (κ3) is 6.59. The average molecular weight is 488 g/mol. The van der Waals surface area contributed by atoms with E-state index >= 15 is 0 Å². The number of benzene rings is 3. The molecule has 4 rings (SSSR count). The quantitative estimate of drug-likeness (QED) is 0.254. The maximum atomic E-state index is 13.4. The van der Waals surface area contributed by atoms with Crippen molar-refractivity contribution in [2.24, 2.45) is 0 Å². The van der Waals surface area contributed by atoms with Crippen LogP contribution in [-0.4, -0.2) is 44.4 Å². The molecule has 1 aromatic heterocycles. The third-order valence-corrected chi connectivity index (χ3v) is 6.73. The molecule has 0 aliphatic carbocycles. The predicted octanol–water partition coefficient (Wildman–Crippen LogP) is 4.14. The van der Waals surface area contributed by atoms with Gasteiger partial charge in [0.15, 0.2) is 5.16 Å². The van der Waals surface area contributed by atoms with Gasteiger partial charge in [0, 0.05) is 26.2 Å². The first kappa shape index (κ1) is 24.7. The molecule has 1 N–H and O–H groups in total. The molecule has 1 amide bonds. The van der Waals surface area contributed by atoms with Gasteiger partial charge in [-0.15, -0.1) is 0 Å². The zero-order valence-corrected chi connectivity index (χ0v) is 20.4. The number of amides is 1. The van der Waals surface area contributed by atoms with Crippen molar-refractivity contribution in [1.29, 1.82) is 0 Å². The molecule has 0 bridgehead atoms. The average Bonchev–Trinajstić information content (AvgIpc) is 2.90. The van der Waals surface area contributed by atoms with Crippen molar-refractivity contribution in [2.45, 2.75) is 31.1 Å². The highest BCUT2D eigenvalue weighted by Crippen LogP contribution is 2.19. The van der Waals surface area contributed by atoms with Crippen LogP contribution in [0.5, 0.6) is 0 Å². The summed E-state index contributed by atoms with van der Waals surface area (Å²) in [5, 5.41) is 10.3. The second-order valence-corrected chi connectivity index (χ2v) is 9.21. The van der Waals surface area contributed by atoms with Gasteiger partial charge in [0.05, 0.1) is 16.7 Å². The fourth-order valence-electron chi connectivity index (χ4n) is 3.91. The first-order chi connectivity index (χ1) is 17.2. The standard InChI is InChI=1S/C28H29N3O3S/c32-19-9-17-31-27(34)24-14-7-8-15-25(24)29-28(31)35-21-26(33)30(20-23-12-5-2-6-13-23)18-16-22-10-3-1-4-11-22/h1-8,10-15,32H,9,16-21H2. The second kappa shape index (κ2) is 12.3. The maximum Gasteiger partial charge on any atom is 0.262 e. The van der Waals surface area contributed by atoms with Crippen LogP contribution in [0.1, 0.15) is 17.5 Å². The minimum absolute atomic E-state index is 0.00843. The van der Waals surface area contributed by atoms with Crippen LogP contribution in [0.2, 0.25) is 0 Å². The summed E-state index contributed by atoms with van der Waals surface area (Å²) in [5.41, 5.74) is 2.71. The number of carbonyl (C=O) groups excluding carboxylic acids is 1. The van der Waals surface area contributed by atoms with Gasteiger partial charge in [0.1, 0.15) is 0 Å². The van der Waals surface area contributed by atoms with Gasteiger partial charge in [-0.3, -0.25) is 14.2 Å². The van der Waals surface area contributed by atoms with Crippen LogP contribution < -0.4 is 5.56 Å². The van der Waals surface area contributed by atoms with Crippen LogP contribution in [0.4, 0.5) is 0 Å². The van der Waals surface area contributed by atoms with Crippen LogP contribution in [0.3, 0.4) is 0 Å². The van der Waals surface area contributed by atoms with Gasteiger partial charge in [-0.2, -0.15) is 0 Å². The first-order valence-corrected chi connectivity index (χ1v) is 12.7. The van der Waals surface area contributed by atoms with E-state index in [4.69, 9.17) is 0 Å². The largest absolute Gasteiger partial charge is 0.396 e. The molecule has 0 aliphatic heterocycles. The molecule has 4 aromatic rings. The van der Waals surface area contributed by atoms with Gasteiger partial charge in [-0.05, 0) is 36.1 Å². The summed E-state index contributed by atoms with van der Waals surface area (Å²) in [6, 6.07) is 27.3. The summed E-state index contributed by atoms with van der Waals surface area (Å²) in [4.78, 5) is 33.0. The molecule has 7 heteroatoms. The van der Waals surface area contributed by atoms with E-state index in [1.165, 1.54) is 17.3 Å². The van der Waals surface area contributed by atoms with Crippen molar-refractivity contribution in [2.75, 3.05) is 18.9 Å². The molecular formula is C28H29N3O3S. The van der Waals surface area contributed by atoms with Crippen molar-refractivity contribution in [3.8, 4) is 0 Å². The molecular weight excluding hydrogens is 458 g/mol. The fraction of sp³-hybridized carbons (Fsp3) is 0.250. The monoisotopic (exact) mass is 487 g/mol. The highest BCUT2D eigenvalue weighted by atomic mass is 32.2. The Morgan fingerprint density at radius 3 is 2.29 bits per heavy atom. The number of aliphatic hydroxyl groups excluding tert-OH is 1. The summed E-state index contributed by atoms with van der Waals surface area (Å²) >= 11 is 1.27. The van der Waals surface area contributed by atoms with Crippen molar-refractivity contribution in [3.05, 3.63) is 106 Å². The number of aromatic nitrogens is 2. The van der Waals surface area contributed by atoms with Crippen LogP contribution in [0, 0.1) is 0 Å². The molecule has 0 spiro atoms. The van der Waals surface area contributed by atoms with E-state index in [2.05, 4.69) is 17.1 Å². The van der Waals surface area contributed by atoms with Crippen molar-refractivity contribution in [3.63, 3.8) is 0 Å². The first-order valence-electron chi connectivity index (χ1n) is 11.7. The van der Waals surface area contributed by atoms with E-state index in [9.17, 15) is 14.7 Å². The molecule has 0 saturated heterocycles. The number of fused-ring (bicyclic) bond motifs is 1. The lowest BCUT2D eigenvalue weighted by atomic mass is 10.1. The Morgan fingerprint density at radius 1 is 0.914 bits per heavy atom.